The molecule has 16 heteroatoms. The lowest BCUT2D eigenvalue weighted by Crippen LogP contribution is -2.62. The van der Waals surface area contributed by atoms with Crippen molar-refractivity contribution in [2.75, 3.05) is 40.8 Å². The first-order chi connectivity index (χ1) is 24.3. The summed E-state index contributed by atoms with van der Waals surface area (Å²) in [6, 6.07) is -1.59. The number of esters is 1. The number of nitrogens with zero attached hydrogens (tertiary/aromatic N) is 6. The van der Waals surface area contributed by atoms with Crippen LogP contribution in [0.25, 0.3) is 10.4 Å². The van der Waals surface area contributed by atoms with Crippen LogP contribution < -0.4 is 0 Å². The molecule has 0 aromatic heterocycles. The molecule has 0 radical (unpaired) electrons. The monoisotopic (exact) mass is 738 g/mol. The van der Waals surface area contributed by atoms with Crippen LogP contribution in [0.1, 0.15) is 93.9 Å². The average Bonchev–Trinajstić information content (AvgIpc) is 3.34. The summed E-state index contributed by atoms with van der Waals surface area (Å²) in [7, 11) is 5.26. The summed E-state index contributed by atoms with van der Waals surface area (Å²) in [6.45, 7) is 14.8. The van der Waals surface area contributed by atoms with Gasteiger partial charge < -0.3 is 38.6 Å². The molecule has 0 saturated carbocycles. The number of methoxy groups -OCH3 is 1. The van der Waals surface area contributed by atoms with Crippen molar-refractivity contribution in [2.45, 2.75) is 154 Å². The fourth-order valence-electron chi connectivity index (χ4n) is 8.22. The second kappa shape index (κ2) is 18.4. The summed E-state index contributed by atoms with van der Waals surface area (Å²) >= 11 is 0. The Balaban J connectivity index is 2.09. The molecule has 3 saturated heterocycles. The van der Waals surface area contributed by atoms with Crippen molar-refractivity contribution in [3.8, 4) is 0 Å². The molecule has 0 aromatic carbocycles. The van der Waals surface area contributed by atoms with E-state index in [0.29, 0.717) is 25.7 Å². The van der Waals surface area contributed by atoms with Gasteiger partial charge in [0.15, 0.2) is 11.9 Å². The van der Waals surface area contributed by atoms with Crippen molar-refractivity contribution in [1.29, 1.82) is 0 Å². The van der Waals surface area contributed by atoms with Crippen LogP contribution in [-0.2, 0) is 38.1 Å². The molecule has 1 unspecified atom stereocenters. The van der Waals surface area contributed by atoms with Crippen molar-refractivity contribution in [3.63, 3.8) is 0 Å². The van der Waals surface area contributed by atoms with Crippen LogP contribution in [0.15, 0.2) is 5.11 Å². The van der Waals surface area contributed by atoms with E-state index < -0.39 is 71.7 Å². The third-order valence-electron chi connectivity index (χ3n) is 11.3. The highest BCUT2D eigenvalue weighted by Crippen LogP contribution is 2.41. The highest BCUT2D eigenvalue weighted by Gasteiger charge is 2.59. The van der Waals surface area contributed by atoms with Gasteiger partial charge in [-0.25, -0.2) is 4.79 Å². The van der Waals surface area contributed by atoms with Crippen LogP contribution in [-0.4, -0.2) is 144 Å². The lowest BCUT2D eigenvalue weighted by molar-refractivity contribution is -0.289. The third kappa shape index (κ3) is 9.74. The first-order valence-electron chi connectivity index (χ1n) is 18.6. The van der Waals surface area contributed by atoms with E-state index in [9.17, 15) is 24.3 Å². The van der Waals surface area contributed by atoms with Crippen LogP contribution >= 0.6 is 0 Å². The van der Waals surface area contributed by atoms with Crippen LogP contribution in [0, 0.1) is 11.8 Å². The molecular formula is C36H62N6O10. The summed E-state index contributed by atoms with van der Waals surface area (Å²) < 4.78 is 30.9. The van der Waals surface area contributed by atoms with Gasteiger partial charge in [-0.15, -0.1) is 0 Å². The lowest BCUT2D eigenvalue weighted by Gasteiger charge is -2.46. The highest BCUT2D eigenvalue weighted by atomic mass is 16.7. The molecule has 3 aliphatic rings. The van der Waals surface area contributed by atoms with Gasteiger partial charge in [0.1, 0.15) is 23.9 Å². The number of carbonyl (C=O) groups excluding carboxylic acids is 4. The molecule has 1 N–H and O–H groups in total. The quantitative estimate of drug-likeness (QED) is 0.0848. The van der Waals surface area contributed by atoms with Gasteiger partial charge in [-0.05, 0) is 92.3 Å². The molecule has 12 atom stereocenters. The van der Waals surface area contributed by atoms with Gasteiger partial charge in [0.2, 0.25) is 5.91 Å². The topological polar surface area (TPSA) is 193 Å². The molecule has 3 rings (SSSR count). The van der Waals surface area contributed by atoms with Gasteiger partial charge in [0.25, 0.3) is 0 Å². The molecule has 0 spiro atoms. The molecule has 52 heavy (non-hydrogen) atoms. The maximum Gasteiger partial charge on any atom is 0.410 e. The largest absolute Gasteiger partial charge is 0.458 e. The number of ether oxygens (including phenoxy) is 5. The Kier molecular flexibility index (Phi) is 15.3. The Bertz CT molecular complexity index is 1310. The molecule has 0 aromatic rings. The Morgan fingerprint density at radius 1 is 1.15 bits per heavy atom. The fourth-order valence-corrected chi connectivity index (χ4v) is 8.22. The van der Waals surface area contributed by atoms with E-state index in [-0.39, 0.29) is 56.4 Å². The Labute approximate surface area is 308 Å². The maximum atomic E-state index is 14.0. The minimum Gasteiger partial charge on any atom is -0.458 e. The number of carbonyl (C=O) groups is 4. The van der Waals surface area contributed by atoms with Gasteiger partial charge in [-0.2, -0.15) is 0 Å². The number of azide groups is 1. The number of Topliss-reactive ketones (excluding diaryl/α,β-unsaturated/α-hetero) is 1. The zero-order valence-corrected chi connectivity index (χ0v) is 32.9. The van der Waals surface area contributed by atoms with Crippen molar-refractivity contribution in [2.24, 2.45) is 17.0 Å². The standard InChI is InChI=1S/C36H62N6O10/c1-12-28-36(8)31(41(34(47)52-36)16-14-13-15-38-39-37)24(5)42(25(6)43)20-21(2)19-35(7,48-11)29(18-27(44)23(4)32(46)50-28)51-33-30(45)26(40(9)10)17-22(3)49-33/h21-24,26,28-31,33,45H,12-20H2,1-11H3/t21-,22-,23-,24-,26?,28-,29-,30-,31-,33+,35-,36-/m1/s1. The van der Waals surface area contributed by atoms with Crippen LogP contribution in [0.4, 0.5) is 4.79 Å². The van der Waals surface area contributed by atoms with E-state index in [1.165, 1.54) is 21.0 Å². The molecule has 296 valence electrons. The molecule has 3 heterocycles. The Morgan fingerprint density at radius 3 is 2.40 bits per heavy atom. The second-order valence-corrected chi connectivity index (χ2v) is 15.5. The summed E-state index contributed by atoms with van der Waals surface area (Å²) in [5.41, 5.74) is 6.17. The fraction of sp³-hybridized carbons (Fsp3) is 0.889. The SMILES string of the molecule is CC[C@H]1OC(=O)[C@H](C)C(=O)C[C@@H](O[C@@H]2O[C@H](C)CC(N(C)C)[C@H]2O)[C@](C)(OC)C[C@@H](C)CN(C(C)=O)[C@H](C)[C@H]2N(CCCCN=[N+]=[N-])C(=O)O[C@]12C. The summed E-state index contributed by atoms with van der Waals surface area (Å²) in [4.78, 5) is 62.8. The number of aliphatic hydroxyl groups is 1. The van der Waals surface area contributed by atoms with Crippen molar-refractivity contribution >= 4 is 23.8 Å². The summed E-state index contributed by atoms with van der Waals surface area (Å²) in [6.07, 6.45) is -2.90. The predicted octanol–water partition coefficient (Wildman–Crippen LogP) is 4.07. The third-order valence-corrected chi connectivity index (χ3v) is 11.3. The molecule has 0 aliphatic carbocycles. The minimum atomic E-state index is -1.38. The van der Waals surface area contributed by atoms with E-state index in [1.54, 1.807) is 23.6 Å². The summed E-state index contributed by atoms with van der Waals surface area (Å²) in [5.74, 6) is -2.89. The maximum absolute atomic E-state index is 14.0. The summed E-state index contributed by atoms with van der Waals surface area (Å²) in [5, 5.41) is 14.9. The Morgan fingerprint density at radius 2 is 1.83 bits per heavy atom. The number of cyclic esters (lactones) is 1. The second-order valence-electron chi connectivity index (χ2n) is 15.5. The van der Waals surface area contributed by atoms with Gasteiger partial charge in [0.05, 0.1) is 29.9 Å². The molecule has 3 fully saturated rings. The van der Waals surface area contributed by atoms with E-state index in [4.69, 9.17) is 29.2 Å². The molecule has 2 amide bonds. The molecular weight excluding hydrogens is 676 g/mol. The number of hydrogen-bond donors (Lipinski definition) is 1. The smallest absolute Gasteiger partial charge is 0.410 e. The molecule has 3 aliphatic heterocycles. The minimum absolute atomic E-state index is 0.216. The van der Waals surface area contributed by atoms with Crippen molar-refractivity contribution in [1.82, 2.24) is 14.7 Å². The molecule has 0 bridgehead atoms. The van der Waals surface area contributed by atoms with Crippen molar-refractivity contribution in [3.05, 3.63) is 10.4 Å². The van der Waals surface area contributed by atoms with E-state index >= 15 is 0 Å². The number of hydrogen-bond acceptors (Lipinski definition) is 12. The van der Waals surface area contributed by atoms with E-state index in [1.807, 2.05) is 46.7 Å². The normalized spacial score (nSPS) is 38.1. The number of ketones is 1. The van der Waals surface area contributed by atoms with E-state index in [2.05, 4.69) is 10.0 Å². The molecule has 16 nitrogen and oxygen atoms in total. The number of unbranched alkanes of at least 4 members (excludes halogenated alkanes) is 1. The van der Waals surface area contributed by atoms with Gasteiger partial charge in [-0.3, -0.25) is 19.3 Å². The van der Waals surface area contributed by atoms with Gasteiger partial charge >= 0.3 is 12.1 Å². The zero-order valence-electron chi connectivity index (χ0n) is 32.9. The number of fused-ring (bicyclic) bond motifs is 1. The number of rotatable bonds is 10. The van der Waals surface area contributed by atoms with Crippen LogP contribution in [0.3, 0.4) is 0 Å². The first kappa shape index (κ1) is 43.4. The Hall–Kier alpha value is -3.01. The number of aliphatic hydroxyl groups excluding tert-OH is 1. The highest BCUT2D eigenvalue weighted by molar-refractivity contribution is 5.99. The van der Waals surface area contributed by atoms with Crippen LogP contribution in [0.2, 0.25) is 0 Å². The van der Waals surface area contributed by atoms with Gasteiger partial charge in [0, 0.05) is 51.0 Å². The van der Waals surface area contributed by atoms with Crippen molar-refractivity contribution < 1.29 is 48.0 Å². The first-order valence-corrected chi connectivity index (χ1v) is 18.6. The number of likely N-dealkylation sites (N-methyl/N-ethyl adjacent to an activating group) is 1. The zero-order chi connectivity index (χ0) is 39.1. The van der Waals surface area contributed by atoms with Gasteiger partial charge in [-0.1, -0.05) is 19.0 Å². The number of amides is 2. The lowest BCUT2D eigenvalue weighted by atomic mass is 9.82. The predicted molar refractivity (Wildman–Crippen MR) is 191 cm³/mol. The van der Waals surface area contributed by atoms with Crippen LogP contribution in [0.5, 0.6) is 0 Å². The average molecular weight is 739 g/mol. The van der Waals surface area contributed by atoms with E-state index in [0.717, 1.165) is 0 Å².